The van der Waals surface area contributed by atoms with Crippen LogP contribution in [0, 0.1) is 17.2 Å². The highest BCUT2D eigenvalue weighted by atomic mass is 16.5. The number of carbonyl (C=O) groups excluding carboxylic acids is 2. The fraction of sp³-hybridized carbons (Fsp3) is 0.529. The second-order valence-electron chi connectivity index (χ2n) is 5.84. The van der Waals surface area contributed by atoms with Crippen LogP contribution in [-0.2, 0) is 9.53 Å². The van der Waals surface area contributed by atoms with E-state index in [2.05, 4.69) is 4.98 Å². The Labute approximate surface area is 140 Å². The van der Waals surface area contributed by atoms with E-state index in [-0.39, 0.29) is 35.2 Å². The Balaban J connectivity index is 2.24. The van der Waals surface area contributed by atoms with E-state index >= 15 is 0 Å². The Kier molecular flexibility index (Phi) is 5.74. The van der Waals surface area contributed by atoms with Gasteiger partial charge in [-0.3, -0.25) is 14.4 Å². The van der Waals surface area contributed by atoms with Gasteiger partial charge in [0.2, 0.25) is 0 Å². The second kappa shape index (κ2) is 7.77. The van der Waals surface area contributed by atoms with Gasteiger partial charge in [-0.25, -0.2) is 0 Å². The first-order valence-corrected chi connectivity index (χ1v) is 8.05. The van der Waals surface area contributed by atoms with Crippen LogP contribution in [-0.4, -0.2) is 36.9 Å². The van der Waals surface area contributed by atoms with Gasteiger partial charge < -0.3 is 14.6 Å². The molecule has 0 unspecified atom stereocenters. The first kappa shape index (κ1) is 17.7. The lowest BCUT2D eigenvalue weighted by molar-refractivity contribution is -0.146. The number of hydrogen-bond acceptors (Lipinski definition) is 6. The van der Waals surface area contributed by atoms with Crippen LogP contribution in [0.5, 0.6) is 0 Å². The van der Waals surface area contributed by atoms with Gasteiger partial charge in [0.1, 0.15) is 11.9 Å². The molecule has 0 radical (unpaired) electrons. The van der Waals surface area contributed by atoms with E-state index in [1.54, 1.807) is 0 Å². The number of pyridine rings is 1. The summed E-state index contributed by atoms with van der Waals surface area (Å²) in [6, 6.07) is 3.42. The predicted molar refractivity (Wildman–Crippen MR) is 88.0 cm³/mol. The number of anilines is 1. The maximum absolute atomic E-state index is 12.2. The van der Waals surface area contributed by atoms with Gasteiger partial charge in [-0.05, 0) is 25.3 Å². The number of Topliss-reactive ketones (excluding diaryl/α,β-unsaturated/α-hetero) is 1. The van der Waals surface area contributed by atoms with E-state index in [9.17, 15) is 19.6 Å². The molecule has 0 spiro atoms. The van der Waals surface area contributed by atoms with E-state index in [0.29, 0.717) is 38.2 Å². The molecule has 1 N–H and O–H groups in total. The van der Waals surface area contributed by atoms with Crippen LogP contribution in [0.3, 0.4) is 0 Å². The van der Waals surface area contributed by atoms with Gasteiger partial charge in [-0.2, -0.15) is 5.26 Å². The van der Waals surface area contributed by atoms with Crippen LogP contribution in [0.25, 0.3) is 0 Å². The molecule has 24 heavy (non-hydrogen) atoms. The second-order valence-corrected chi connectivity index (χ2v) is 5.84. The molecule has 0 aliphatic carbocycles. The number of hydrogen-bond donors (Lipinski definition) is 1. The first-order chi connectivity index (χ1) is 11.5. The van der Waals surface area contributed by atoms with Crippen LogP contribution < -0.4 is 10.5 Å². The summed E-state index contributed by atoms with van der Waals surface area (Å²) in [6.07, 6.45) is 2.10. The number of piperidine rings is 1. The van der Waals surface area contributed by atoms with Gasteiger partial charge in [0.05, 0.1) is 24.2 Å². The molecular weight excluding hydrogens is 310 g/mol. The highest BCUT2D eigenvalue weighted by molar-refractivity contribution is 5.96. The quantitative estimate of drug-likeness (QED) is 0.649. The molecule has 2 heterocycles. The summed E-state index contributed by atoms with van der Waals surface area (Å²) in [5.74, 6) is -0.233. The van der Waals surface area contributed by atoms with Crippen LogP contribution in [0.1, 0.15) is 48.5 Å². The van der Waals surface area contributed by atoms with Crippen molar-refractivity contribution in [3.8, 4) is 6.07 Å². The summed E-state index contributed by atoms with van der Waals surface area (Å²) in [7, 11) is 1.37. The van der Waals surface area contributed by atoms with Crippen molar-refractivity contribution < 1.29 is 14.3 Å². The number of esters is 1. The monoisotopic (exact) mass is 331 g/mol. The van der Waals surface area contributed by atoms with E-state index in [4.69, 9.17) is 4.74 Å². The fourth-order valence-corrected chi connectivity index (χ4v) is 2.93. The van der Waals surface area contributed by atoms with Crippen LogP contribution in [0.4, 0.5) is 5.82 Å². The Morgan fingerprint density at radius 1 is 1.42 bits per heavy atom. The number of nitrogens with one attached hydrogen (secondary N) is 1. The van der Waals surface area contributed by atoms with Crippen LogP contribution >= 0.6 is 0 Å². The maximum atomic E-state index is 12.2. The molecule has 1 aliphatic heterocycles. The zero-order valence-corrected chi connectivity index (χ0v) is 13.9. The number of aromatic amines is 1. The van der Waals surface area contributed by atoms with Gasteiger partial charge in [0.25, 0.3) is 5.56 Å². The average Bonchev–Trinajstić information content (AvgIpc) is 2.61. The number of aromatic nitrogens is 1. The SMILES string of the molecule is CCCC(=O)c1cc(C#N)c(N2CCC(C(=O)OC)CC2)[nH]c1=O. The number of nitrogens with zero attached hydrogens (tertiary/aromatic N) is 2. The zero-order chi connectivity index (χ0) is 17.7. The smallest absolute Gasteiger partial charge is 0.308 e. The molecule has 1 aliphatic rings. The maximum Gasteiger partial charge on any atom is 0.308 e. The molecule has 1 saturated heterocycles. The third kappa shape index (κ3) is 3.65. The summed E-state index contributed by atoms with van der Waals surface area (Å²) >= 11 is 0. The molecule has 128 valence electrons. The average molecular weight is 331 g/mol. The summed E-state index contributed by atoms with van der Waals surface area (Å²) < 4.78 is 4.75. The van der Waals surface area contributed by atoms with Crippen LogP contribution in [0.2, 0.25) is 0 Å². The lowest BCUT2D eigenvalue weighted by Gasteiger charge is -2.32. The van der Waals surface area contributed by atoms with E-state index in [1.165, 1.54) is 13.2 Å². The Morgan fingerprint density at radius 2 is 2.08 bits per heavy atom. The Morgan fingerprint density at radius 3 is 2.62 bits per heavy atom. The molecule has 0 aromatic carbocycles. The van der Waals surface area contributed by atoms with Crippen molar-refractivity contribution in [2.75, 3.05) is 25.1 Å². The number of carbonyl (C=O) groups is 2. The minimum absolute atomic E-state index is 0.0293. The third-order valence-corrected chi connectivity index (χ3v) is 4.26. The van der Waals surface area contributed by atoms with Crippen LogP contribution in [0.15, 0.2) is 10.9 Å². The number of ether oxygens (including phenoxy) is 1. The molecule has 0 amide bonds. The molecule has 0 atom stereocenters. The third-order valence-electron chi connectivity index (χ3n) is 4.26. The number of nitriles is 1. The largest absolute Gasteiger partial charge is 0.469 e. The summed E-state index contributed by atoms with van der Waals surface area (Å²) in [5.41, 5.74) is -0.176. The van der Waals surface area contributed by atoms with Gasteiger partial charge in [0.15, 0.2) is 5.78 Å². The van der Waals surface area contributed by atoms with Crippen molar-refractivity contribution in [1.29, 1.82) is 5.26 Å². The number of rotatable bonds is 5. The van der Waals surface area contributed by atoms with Gasteiger partial charge in [0, 0.05) is 19.5 Å². The molecule has 7 heteroatoms. The number of ketones is 1. The van der Waals surface area contributed by atoms with Gasteiger partial charge in [-0.15, -0.1) is 0 Å². The van der Waals surface area contributed by atoms with Crippen molar-refractivity contribution in [2.24, 2.45) is 5.92 Å². The van der Waals surface area contributed by atoms with E-state index in [0.717, 1.165) is 0 Å². The fourth-order valence-electron chi connectivity index (χ4n) is 2.93. The topological polar surface area (TPSA) is 103 Å². The highest BCUT2D eigenvalue weighted by Crippen LogP contribution is 2.25. The molecule has 0 bridgehead atoms. The summed E-state index contributed by atoms with van der Waals surface area (Å²) in [4.78, 5) is 40.3. The first-order valence-electron chi connectivity index (χ1n) is 8.05. The molecule has 1 fully saturated rings. The minimum atomic E-state index is -0.474. The zero-order valence-electron chi connectivity index (χ0n) is 13.9. The Bertz CT molecular complexity index is 724. The highest BCUT2D eigenvalue weighted by Gasteiger charge is 2.27. The summed E-state index contributed by atoms with van der Waals surface area (Å²) in [5, 5.41) is 9.37. The standard InChI is InChI=1S/C17H21N3O4/c1-3-4-14(21)13-9-12(10-18)15(19-16(13)22)20-7-5-11(6-8-20)17(23)24-2/h9,11H,3-8H2,1-2H3,(H,19,22). The number of H-pyrrole nitrogens is 1. The molecule has 2 rings (SSSR count). The summed E-state index contributed by atoms with van der Waals surface area (Å²) in [6.45, 7) is 2.93. The molecule has 1 aromatic heterocycles. The molecule has 1 aromatic rings. The lowest BCUT2D eigenvalue weighted by Crippen LogP contribution is -2.38. The number of methoxy groups -OCH3 is 1. The normalized spacial score (nSPS) is 15.0. The lowest BCUT2D eigenvalue weighted by atomic mass is 9.96. The van der Waals surface area contributed by atoms with Gasteiger partial charge >= 0.3 is 5.97 Å². The van der Waals surface area contributed by atoms with Crippen molar-refractivity contribution in [1.82, 2.24) is 4.98 Å². The molecule has 7 nitrogen and oxygen atoms in total. The minimum Gasteiger partial charge on any atom is -0.469 e. The van der Waals surface area contributed by atoms with Crippen molar-refractivity contribution in [2.45, 2.75) is 32.6 Å². The van der Waals surface area contributed by atoms with Crippen molar-refractivity contribution >= 4 is 17.6 Å². The van der Waals surface area contributed by atoms with Crippen molar-refractivity contribution in [3.05, 3.63) is 27.5 Å². The van der Waals surface area contributed by atoms with Crippen molar-refractivity contribution in [3.63, 3.8) is 0 Å². The predicted octanol–water partition coefficient (Wildman–Crippen LogP) is 1.62. The van der Waals surface area contributed by atoms with E-state index in [1.807, 2.05) is 17.9 Å². The van der Waals surface area contributed by atoms with Gasteiger partial charge in [-0.1, -0.05) is 6.92 Å². The Hall–Kier alpha value is -2.62. The molecule has 0 saturated carbocycles. The van der Waals surface area contributed by atoms with E-state index < -0.39 is 5.56 Å². The molecular formula is C17H21N3O4.